The van der Waals surface area contributed by atoms with Crippen molar-refractivity contribution >= 4 is 23.9 Å². The summed E-state index contributed by atoms with van der Waals surface area (Å²) >= 11 is 0. The SMILES string of the molecule is COCCOCCOCCOCCOCCOCCOCCOc1ccccc1-c1cc(C=Nc2cccnc2/N=C/c2cc(-c3ccccc3OCCOCCOCCOCCOCCOCCOCCOC)cc(OC)c2O)c(O)c(OC)c1.[Cl-].[Mn+2]. The number of halogens is 1. The Morgan fingerprint density at radius 2 is 0.670 bits per heavy atom. The van der Waals surface area contributed by atoms with Gasteiger partial charge in [0.15, 0.2) is 28.8 Å². The first-order valence-electron chi connectivity index (χ1n) is 28.7. The van der Waals surface area contributed by atoms with Crippen LogP contribution in [0.5, 0.6) is 34.5 Å². The van der Waals surface area contributed by atoms with Crippen LogP contribution in [0.3, 0.4) is 0 Å². The van der Waals surface area contributed by atoms with Crippen LogP contribution in [-0.4, -0.2) is 241 Å². The Labute approximate surface area is 533 Å². The maximum atomic E-state index is 11.3. The van der Waals surface area contributed by atoms with Crippen LogP contribution < -0.4 is 31.4 Å². The molecule has 4 aromatic carbocycles. The van der Waals surface area contributed by atoms with Crippen molar-refractivity contribution in [1.82, 2.24) is 4.98 Å². The van der Waals surface area contributed by atoms with Gasteiger partial charge in [-0.05, 0) is 59.7 Å². The fourth-order valence-electron chi connectivity index (χ4n) is 7.71. The van der Waals surface area contributed by atoms with Gasteiger partial charge < -0.3 is 108 Å². The molecule has 487 valence electrons. The average Bonchev–Trinajstić information content (AvgIpc) is 1.49. The topological polar surface area (TPSA) is 244 Å². The molecule has 2 N–H and O–H groups in total. The molecular weight excluding hydrogens is 1210 g/mol. The minimum absolute atomic E-state index is 0. The average molecular weight is 1300 g/mol. The molecule has 5 aromatic rings. The number of pyridine rings is 1. The molecule has 0 aliphatic heterocycles. The Balaban J connectivity index is 0.0000101. The third-order valence-electron chi connectivity index (χ3n) is 12.0. The third-order valence-corrected chi connectivity index (χ3v) is 12.0. The summed E-state index contributed by atoms with van der Waals surface area (Å²) in [5.41, 5.74) is 4.07. The molecular formula is C63H87ClMnN3O20+. The van der Waals surface area contributed by atoms with E-state index in [0.29, 0.717) is 211 Å². The van der Waals surface area contributed by atoms with Crippen LogP contribution in [0.4, 0.5) is 11.5 Å². The molecule has 0 unspecified atom stereocenters. The van der Waals surface area contributed by atoms with Crippen molar-refractivity contribution in [3.63, 3.8) is 0 Å². The van der Waals surface area contributed by atoms with Gasteiger partial charge in [-0.2, -0.15) is 0 Å². The number of para-hydroxylation sites is 2. The summed E-state index contributed by atoms with van der Waals surface area (Å²) in [5, 5.41) is 22.6. The maximum absolute atomic E-state index is 11.3. The summed E-state index contributed by atoms with van der Waals surface area (Å²) in [7, 11) is 6.23. The second-order valence-corrected chi connectivity index (χ2v) is 18.1. The Kier molecular flexibility index (Phi) is 43.7. The van der Waals surface area contributed by atoms with Gasteiger partial charge in [-0.1, -0.05) is 36.4 Å². The van der Waals surface area contributed by atoms with Gasteiger partial charge in [0.05, 0.1) is 186 Å². The molecule has 0 saturated carbocycles. The molecule has 23 nitrogen and oxygen atoms in total. The van der Waals surface area contributed by atoms with E-state index < -0.39 is 0 Å². The maximum Gasteiger partial charge on any atom is 2.00 e. The molecule has 0 aliphatic carbocycles. The van der Waals surface area contributed by atoms with Crippen LogP contribution >= 0.6 is 0 Å². The number of nitrogens with zero attached hydrogens (tertiary/aromatic N) is 3. The van der Waals surface area contributed by atoms with E-state index in [-0.39, 0.29) is 71.5 Å². The Morgan fingerprint density at radius 1 is 0.364 bits per heavy atom. The van der Waals surface area contributed by atoms with Gasteiger partial charge in [0.2, 0.25) is 0 Å². The minimum Gasteiger partial charge on any atom is -1.00 e. The fraction of sp³-hybridized carbons (Fsp3) is 0.508. The second kappa shape index (κ2) is 50.2. The minimum atomic E-state index is -0.119. The van der Waals surface area contributed by atoms with Crippen LogP contribution in [0.15, 0.2) is 101 Å². The second-order valence-electron chi connectivity index (χ2n) is 18.1. The van der Waals surface area contributed by atoms with Crippen molar-refractivity contribution in [1.29, 1.82) is 0 Å². The number of aliphatic imine (C=N–C) groups is 2. The normalized spacial score (nSPS) is 11.3. The number of rotatable bonds is 52. The Morgan fingerprint density at radius 3 is 1.00 bits per heavy atom. The predicted molar refractivity (Wildman–Crippen MR) is 324 cm³/mol. The number of aromatic hydroxyl groups is 2. The smallest absolute Gasteiger partial charge is 1.00 e. The molecule has 1 aromatic heterocycles. The van der Waals surface area contributed by atoms with Crippen molar-refractivity contribution in [2.24, 2.45) is 9.98 Å². The summed E-state index contributed by atoms with van der Waals surface area (Å²) in [6.45, 7) is 12.8. The van der Waals surface area contributed by atoms with Crippen LogP contribution in [0.25, 0.3) is 22.3 Å². The van der Waals surface area contributed by atoms with E-state index in [2.05, 4.69) is 9.98 Å². The monoisotopic (exact) mass is 1300 g/mol. The molecule has 1 radical (unpaired) electrons. The van der Waals surface area contributed by atoms with Crippen molar-refractivity contribution < 1.29 is 125 Å². The number of methoxy groups -OCH3 is 4. The van der Waals surface area contributed by atoms with E-state index in [9.17, 15) is 10.2 Å². The number of hydrogen-bond donors (Lipinski definition) is 2. The van der Waals surface area contributed by atoms with Gasteiger partial charge in [-0.15, -0.1) is 0 Å². The zero-order valence-electron chi connectivity index (χ0n) is 51.0. The zero-order valence-corrected chi connectivity index (χ0v) is 52.9. The van der Waals surface area contributed by atoms with E-state index in [1.165, 1.54) is 26.6 Å². The molecule has 88 heavy (non-hydrogen) atoms. The van der Waals surface area contributed by atoms with Crippen molar-refractivity contribution in [3.05, 3.63) is 102 Å². The third kappa shape index (κ3) is 31.2. The van der Waals surface area contributed by atoms with Gasteiger partial charge in [-0.25, -0.2) is 9.98 Å². The van der Waals surface area contributed by atoms with Gasteiger partial charge in [0.1, 0.15) is 30.4 Å². The predicted octanol–water partition coefficient (Wildman–Crippen LogP) is 4.60. The van der Waals surface area contributed by atoms with Crippen molar-refractivity contribution in [2.75, 3.05) is 213 Å². The Hall–Kier alpha value is -5.58. The number of aromatic nitrogens is 1. The van der Waals surface area contributed by atoms with Gasteiger partial charge in [-0.3, -0.25) is 4.99 Å². The first-order chi connectivity index (χ1) is 42.5. The standard InChI is InChI=1S/C63H87N3O20.ClH.Mn/c1-69-16-18-73-20-22-75-24-26-77-28-30-79-32-34-81-36-38-83-40-42-85-57-13-7-5-10-54(57)50-44-52(61(67)59(46-50)71-3)48-65-56-12-9-15-64-63(56)66-49-53-45-51(47-60(72-4)62(53)68)55-11-6-8-14-58(55)86-43-41-84-39-37-82-35-33-80-31-29-78-27-25-76-23-21-74-19-17-70-2;;/h5-15,44-49,67-68H,16-43H2,1-4H3;1H;/q;;+2/p-1/b65-48?,66-49+;;. The molecule has 0 aliphatic rings. The summed E-state index contributed by atoms with van der Waals surface area (Å²) in [6.07, 6.45) is 4.59. The summed E-state index contributed by atoms with van der Waals surface area (Å²) in [6, 6.07) is 25.6. The molecule has 0 saturated heterocycles. The van der Waals surface area contributed by atoms with Gasteiger partial charge >= 0.3 is 17.1 Å². The summed E-state index contributed by atoms with van der Waals surface area (Å²) in [5.74, 6) is 1.71. The largest absolute Gasteiger partial charge is 2.00 e. The van der Waals surface area contributed by atoms with Crippen molar-refractivity contribution in [3.8, 4) is 56.8 Å². The molecule has 0 fully saturated rings. The van der Waals surface area contributed by atoms with Crippen LogP contribution in [0, 0.1) is 0 Å². The number of benzene rings is 4. The number of phenols is 2. The first kappa shape index (κ1) is 76.7. The van der Waals surface area contributed by atoms with Crippen molar-refractivity contribution in [2.45, 2.75) is 0 Å². The zero-order chi connectivity index (χ0) is 60.8. The fourth-order valence-corrected chi connectivity index (χ4v) is 7.71. The summed E-state index contributed by atoms with van der Waals surface area (Å²) < 4.78 is 99.9. The van der Waals surface area contributed by atoms with E-state index in [4.69, 9.17) is 90.3 Å². The molecule has 0 atom stereocenters. The molecule has 25 heteroatoms. The first-order valence-corrected chi connectivity index (χ1v) is 28.7. The van der Waals surface area contributed by atoms with Crippen LogP contribution in [-0.2, 0) is 83.4 Å². The quantitative estimate of drug-likeness (QED) is 0.0307. The van der Waals surface area contributed by atoms with E-state index >= 15 is 0 Å². The number of ether oxygens (including phenoxy) is 18. The summed E-state index contributed by atoms with van der Waals surface area (Å²) in [4.78, 5) is 13.8. The van der Waals surface area contributed by atoms with Gasteiger partial charge in [0.25, 0.3) is 0 Å². The van der Waals surface area contributed by atoms with Crippen LogP contribution in [0.2, 0.25) is 0 Å². The Bertz CT molecular complexity index is 2470. The number of phenolic OH excluding ortho intramolecular Hbond substituents is 2. The van der Waals surface area contributed by atoms with E-state index in [1.54, 1.807) is 56.8 Å². The molecule has 5 rings (SSSR count). The molecule has 1 heterocycles. The number of hydrogen-bond acceptors (Lipinski definition) is 23. The molecule has 0 bridgehead atoms. The van der Waals surface area contributed by atoms with Gasteiger partial charge in [0, 0.05) is 55.1 Å². The molecule has 0 amide bonds. The van der Waals surface area contributed by atoms with E-state index in [1.807, 2.05) is 48.5 Å². The van der Waals surface area contributed by atoms with Crippen LogP contribution in [0.1, 0.15) is 11.1 Å². The van der Waals surface area contributed by atoms with E-state index in [0.717, 1.165) is 11.1 Å². The molecule has 0 spiro atoms.